The van der Waals surface area contributed by atoms with Gasteiger partial charge in [0, 0.05) is 50.4 Å². The number of piperidine rings is 1. The molecule has 1 fully saturated rings. The highest BCUT2D eigenvalue weighted by molar-refractivity contribution is 7.15. The maximum atomic E-state index is 11.4. The molecule has 2 aromatic heterocycles. The van der Waals surface area contributed by atoms with Crippen molar-refractivity contribution in [2.24, 2.45) is 0 Å². The molecule has 0 aromatic carbocycles. The summed E-state index contributed by atoms with van der Waals surface area (Å²) in [5.41, 5.74) is 1.06. The van der Waals surface area contributed by atoms with E-state index in [4.69, 9.17) is 0 Å². The number of fused-ring (bicyclic) bond motifs is 1. The predicted molar refractivity (Wildman–Crippen MR) is 70.6 cm³/mol. The average Bonchev–Trinajstić information content (AvgIpc) is 2.91. The van der Waals surface area contributed by atoms with Crippen molar-refractivity contribution in [2.75, 3.05) is 13.6 Å². The van der Waals surface area contributed by atoms with Gasteiger partial charge in [0.05, 0.1) is 5.69 Å². The van der Waals surface area contributed by atoms with Crippen molar-refractivity contribution in [3.63, 3.8) is 0 Å². The maximum absolute atomic E-state index is 11.4. The third kappa shape index (κ3) is 2.26. The standard InChI is InChI=1S/C12H16N4OS/c1-15-7-9(2-3-11(15)17)13-6-10-8-16-4-5-18-12(16)14-10/h4-5,8-9,13H,2-3,6-7H2,1H3. The number of nitrogens with zero attached hydrogens (tertiary/aromatic N) is 3. The molecule has 96 valence electrons. The molecule has 1 N–H and O–H groups in total. The Balaban J connectivity index is 1.58. The third-order valence-electron chi connectivity index (χ3n) is 3.34. The van der Waals surface area contributed by atoms with Gasteiger partial charge in [-0.1, -0.05) is 0 Å². The monoisotopic (exact) mass is 264 g/mol. The van der Waals surface area contributed by atoms with Gasteiger partial charge >= 0.3 is 0 Å². The number of thiazole rings is 1. The van der Waals surface area contributed by atoms with Crippen LogP contribution in [0.15, 0.2) is 17.8 Å². The molecule has 0 spiro atoms. The molecule has 1 saturated heterocycles. The van der Waals surface area contributed by atoms with Gasteiger partial charge in [0.2, 0.25) is 5.91 Å². The average molecular weight is 264 g/mol. The van der Waals surface area contributed by atoms with E-state index in [0.29, 0.717) is 12.5 Å². The molecule has 0 saturated carbocycles. The zero-order valence-electron chi connectivity index (χ0n) is 10.3. The number of carbonyl (C=O) groups excluding carboxylic acids is 1. The van der Waals surface area contributed by atoms with Crippen LogP contribution in [0.5, 0.6) is 0 Å². The Morgan fingerprint density at radius 3 is 3.28 bits per heavy atom. The van der Waals surface area contributed by atoms with Crippen LogP contribution < -0.4 is 5.32 Å². The number of likely N-dealkylation sites (tertiary alicyclic amines) is 1. The first-order chi connectivity index (χ1) is 8.72. The normalized spacial score (nSPS) is 20.8. The minimum atomic E-state index is 0.246. The Bertz CT molecular complexity index is 533. The van der Waals surface area contributed by atoms with Crippen LogP contribution >= 0.6 is 11.3 Å². The second kappa shape index (κ2) is 4.70. The number of amides is 1. The fourth-order valence-electron chi connectivity index (χ4n) is 2.29. The minimum Gasteiger partial charge on any atom is -0.344 e. The largest absolute Gasteiger partial charge is 0.344 e. The molecule has 1 unspecified atom stereocenters. The molecule has 0 bridgehead atoms. The lowest BCUT2D eigenvalue weighted by molar-refractivity contribution is -0.132. The molecule has 5 nitrogen and oxygen atoms in total. The molecule has 3 heterocycles. The second-order valence-corrected chi connectivity index (χ2v) is 5.59. The number of hydrogen-bond acceptors (Lipinski definition) is 4. The van der Waals surface area contributed by atoms with E-state index < -0.39 is 0 Å². The topological polar surface area (TPSA) is 49.6 Å². The van der Waals surface area contributed by atoms with Crippen LogP contribution in [0.2, 0.25) is 0 Å². The molecule has 1 amide bonds. The van der Waals surface area contributed by atoms with E-state index in [-0.39, 0.29) is 5.91 Å². The van der Waals surface area contributed by atoms with E-state index in [0.717, 1.165) is 30.2 Å². The van der Waals surface area contributed by atoms with Crippen molar-refractivity contribution in [2.45, 2.75) is 25.4 Å². The fourth-order valence-corrected chi connectivity index (χ4v) is 3.01. The quantitative estimate of drug-likeness (QED) is 0.903. The molecular weight excluding hydrogens is 248 g/mol. The van der Waals surface area contributed by atoms with Crippen LogP contribution in [-0.4, -0.2) is 39.8 Å². The summed E-state index contributed by atoms with van der Waals surface area (Å²) < 4.78 is 2.04. The summed E-state index contributed by atoms with van der Waals surface area (Å²) in [5.74, 6) is 0.246. The van der Waals surface area contributed by atoms with E-state index in [1.807, 2.05) is 23.0 Å². The van der Waals surface area contributed by atoms with Gasteiger partial charge in [0.15, 0.2) is 4.96 Å². The van der Waals surface area contributed by atoms with Crippen molar-refractivity contribution in [3.8, 4) is 0 Å². The number of nitrogens with one attached hydrogen (secondary N) is 1. The van der Waals surface area contributed by atoms with Crippen LogP contribution in [0.3, 0.4) is 0 Å². The lowest BCUT2D eigenvalue weighted by Gasteiger charge is -2.30. The van der Waals surface area contributed by atoms with Crippen LogP contribution in [-0.2, 0) is 11.3 Å². The summed E-state index contributed by atoms with van der Waals surface area (Å²) in [5, 5.41) is 5.50. The summed E-state index contributed by atoms with van der Waals surface area (Å²) >= 11 is 1.64. The fraction of sp³-hybridized carbons (Fsp3) is 0.500. The minimum absolute atomic E-state index is 0.246. The highest BCUT2D eigenvalue weighted by Gasteiger charge is 2.22. The molecule has 18 heavy (non-hydrogen) atoms. The van der Waals surface area contributed by atoms with Crippen molar-refractivity contribution in [3.05, 3.63) is 23.5 Å². The molecule has 1 atom stereocenters. The van der Waals surface area contributed by atoms with Crippen LogP contribution in [0.25, 0.3) is 4.96 Å². The highest BCUT2D eigenvalue weighted by atomic mass is 32.1. The van der Waals surface area contributed by atoms with E-state index in [2.05, 4.69) is 16.5 Å². The second-order valence-electron chi connectivity index (χ2n) is 4.72. The summed E-state index contributed by atoms with van der Waals surface area (Å²) in [4.78, 5) is 18.7. The lowest BCUT2D eigenvalue weighted by atomic mass is 10.1. The number of likely N-dealkylation sites (N-methyl/N-ethyl adjacent to an activating group) is 1. The molecule has 1 aliphatic heterocycles. The predicted octanol–water partition coefficient (Wildman–Crippen LogP) is 1.11. The molecule has 6 heteroatoms. The Hall–Kier alpha value is -1.40. The molecule has 3 rings (SSSR count). The summed E-state index contributed by atoms with van der Waals surface area (Å²) in [7, 11) is 1.86. The van der Waals surface area contributed by atoms with Crippen molar-refractivity contribution < 1.29 is 4.79 Å². The number of imidazole rings is 1. The number of carbonyl (C=O) groups is 1. The zero-order valence-corrected chi connectivity index (χ0v) is 11.1. The van der Waals surface area contributed by atoms with Crippen molar-refractivity contribution in [1.29, 1.82) is 0 Å². The summed E-state index contributed by atoms with van der Waals surface area (Å²) in [6.07, 6.45) is 5.64. The SMILES string of the molecule is CN1CC(NCc2cn3ccsc3n2)CCC1=O. The van der Waals surface area contributed by atoms with E-state index in [9.17, 15) is 4.79 Å². The molecule has 0 radical (unpaired) electrons. The summed E-state index contributed by atoms with van der Waals surface area (Å²) in [6.45, 7) is 1.56. The van der Waals surface area contributed by atoms with Gasteiger partial charge in [0.1, 0.15) is 0 Å². The van der Waals surface area contributed by atoms with Crippen LogP contribution in [0.4, 0.5) is 0 Å². The van der Waals surface area contributed by atoms with E-state index in [1.54, 1.807) is 16.2 Å². The Morgan fingerprint density at radius 1 is 1.61 bits per heavy atom. The van der Waals surface area contributed by atoms with Crippen molar-refractivity contribution in [1.82, 2.24) is 19.6 Å². The Kier molecular flexibility index (Phi) is 3.05. The number of aromatic nitrogens is 2. The van der Waals surface area contributed by atoms with Gasteiger partial charge < -0.3 is 10.2 Å². The first-order valence-corrected chi connectivity index (χ1v) is 6.99. The lowest BCUT2D eigenvalue weighted by Crippen LogP contribution is -2.46. The third-order valence-corrected chi connectivity index (χ3v) is 4.11. The van der Waals surface area contributed by atoms with Crippen molar-refractivity contribution >= 4 is 22.2 Å². The van der Waals surface area contributed by atoms with Gasteiger partial charge in [-0.3, -0.25) is 9.20 Å². The Labute approximate surface area is 109 Å². The molecular formula is C12H16N4OS. The smallest absolute Gasteiger partial charge is 0.222 e. The van der Waals surface area contributed by atoms with Gasteiger partial charge in [-0.15, -0.1) is 11.3 Å². The number of rotatable bonds is 3. The van der Waals surface area contributed by atoms with E-state index >= 15 is 0 Å². The van der Waals surface area contributed by atoms with Crippen LogP contribution in [0, 0.1) is 0 Å². The maximum Gasteiger partial charge on any atom is 0.222 e. The molecule has 0 aliphatic carbocycles. The van der Waals surface area contributed by atoms with Gasteiger partial charge in [-0.25, -0.2) is 4.98 Å². The molecule has 2 aromatic rings. The Morgan fingerprint density at radius 2 is 2.50 bits per heavy atom. The zero-order chi connectivity index (χ0) is 12.5. The van der Waals surface area contributed by atoms with Gasteiger partial charge in [-0.2, -0.15) is 0 Å². The van der Waals surface area contributed by atoms with E-state index in [1.165, 1.54) is 0 Å². The van der Waals surface area contributed by atoms with Gasteiger partial charge in [0.25, 0.3) is 0 Å². The first kappa shape index (κ1) is 11.7. The molecule has 1 aliphatic rings. The first-order valence-electron chi connectivity index (χ1n) is 6.11. The van der Waals surface area contributed by atoms with Gasteiger partial charge in [-0.05, 0) is 6.42 Å². The number of hydrogen-bond donors (Lipinski definition) is 1. The highest BCUT2D eigenvalue weighted by Crippen LogP contribution is 2.13. The summed E-state index contributed by atoms with van der Waals surface area (Å²) in [6, 6.07) is 0.382. The van der Waals surface area contributed by atoms with Crippen LogP contribution in [0.1, 0.15) is 18.5 Å².